The summed E-state index contributed by atoms with van der Waals surface area (Å²) in [6.45, 7) is 1.59. The lowest BCUT2D eigenvalue weighted by atomic mass is 10.1. The van der Waals surface area contributed by atoms with Crippen molar-refractivity contribution in [2.45, 2.75) is 25.9 Å². The highest BCUT2D eigenvalue weighted by atomic mass is 35.5. The number of unbranched alkanes of at least 4 members (excludes halogenated alkanes) is 1. The predicted octanol–water partition coefficient (Wildman–Crippen LogP) is 4.29. The van der Waals surface area contributed by atoms with Crippen molar-refractivity contribution in [1.29, 1.82) is 0 Å². The van der Waals surface area contributed by atoms with E-state index < -0.39 is 45.1 Å². The lowest BCUT2D eigenvalue weighted by molar-refractivity contribution is -0.137. The van der Waals surface area contributed by atoms with Crippen molar-refractivity contribution in [3.05, 3.63) is 58.6 Å². The normalized spacial score (nSPS) is 11.7. The Kier molecular flexibility index (Phi) is 8.73. The maximum Gasteiger partial charge on any atom is 0.417 e. The lowest BCUT2D eigenvalue weighted by Crippen LogP contribution is -2.38. The van der Waals surface area contributed by atoms with Crippen LogP contribution in [0.4, 0.5) is 24.5 Å². The van der Waals surface area contributed by atoms with Crippen molar-refractivity contribution in [3.8, 4) is 0 Å². The zero-order valence-corrected chi connectivity index (χ0v) is 19.4. The molecule has 33 heavy (non-hydrogen) atoms. The van der Waals surface area contributed by atoms with Gasteiger partial charge in [0.05, 0.1) is 33.8 Å². The van der Waals surface area contributed by atoms with E-state index in [9.17, 15) is 31.2 Å². The molecule has 7 nitrogen and oxygen atoms in total. The van der Waals surface area contributed by atoms with Crippen LogP contribution in [0, 0.1) is 0 Å². The molecule has 0 aromatic heterocycles. The number of sulfonamides is 1. The Bertz CT molecular complexity index is 1120. The number of para-hydroxylation sites is 1. The van der Waals surface area contributed by atoms with Gasteiger partial charge in [0, 0.05) is 6.54 Å². The summed E-state index contributed by atoms with van der Waals surface area (Å²) in [4.78, 5) is 25.0. The Labute approximate surface area is 195 Å². The van der Waals surface area contributed by atoms with Gasteiger partial charge in [-0.3, -0.25) is 13.9 Å². The SMILES string of the molecule is CCCCNC(=O)c1ccccc1NC(=O)CN(c1ccc(Cl)c(C(F)(F)F)c1)S(C)(=O)=O. The van der Waals surface area contributed by atoms with Gasteiger partial charge in [0.1, 0.15) is 6.54 Å². The Balaban J connectivity index is 2.28. The molecular weight excluding hydrogens is 483 g/mol. The number of nitrogens with zero attached hydrogens (tertiary/aromatic N) is 1. The zero-order valence-electron chi connectivity index (χ0n) is 17.9. The standard InChI is InChI=1S/C21H23ClF3N3O4S/c1-3-4-11-26-20(30)15-7-5-6-8-18(15)27-19(29)13-28(33(2,31)32)14-9-10-17(22)16(12-14)21(23,24)25/h5-10,12H,3-4,11,13H2,1-2H3,(H,26,30)(H,27,29). The highest BCUT2D eigenvalue weighted by Gasteiger charge is 2.34. The second kappa shape index (κ2) is 10.9. The predicted molar refractivity (Wildman–Crippen MR) is 121 cm³/mol. The van der Waals surface area contributed by atoms with Crippen molar-refractivity contribution in [2.24, 2.45) is 0 Å². The van der Waals surface area contributed by atoms with Crippen LogP contribution in [0.5, 0.6) is 0 Å². The molecule has 0 heterocycles. The second-order valence-electron chi connectivity index (χ2n) is 7.13. The van der Waals surface area contributed by atoms with Crippen molar-refractivity contribution >= 4 is 44.8 Å². The molecule has 0 atom stereocenters. The first-order valence-electron chi connectivity index (χ1n) is 9.86. The third kappa shape index (κ3) is 7.36. The fraction of sp³-hybridized carbons (Fsp3) is 0.333. The smallest absolute Gasteiger partial charge is 0.352 e. The van der Waals surface area contributed by atoms with Crippen LogP contribution in [-0.4, -0.2) is 39.6 Å². The fourth-order valence-electron chi connectivity index (χ4n) is 2.87. The average Bonchev–Trinajstić information content (AvgIpc) is 2.71. The first kappa shape index (κ1) is 26.5. The number of hydrogen-bond donors (Lipinski definition) is 2. The maximum atomic E-state index is 13.2. The summed E-state index contributed by atoms with van der Waals surface area (Å²) in [6, 6.07) is 8.65. The molecule has 0 radical (unpaired) electrons. The van der Waals surface area contributed by atoms with Crippen molar-refractivity contribution in [1.82, 2.24) is 5.32 Å². The number of alkyl halides is 3. The van der Waals surface area contributed by atoms with Gasteiger partial charge >= 0.3 is 6.18 Å². The lowest BCUT2D eigenvalue weighted by Gasteiger charge is -2.23. The molecule has 0 saturated heterocycles. The minimum absolute atomic E-state index is 0.136. The molecule has 2 N–H and O–H groups in total. The number of carbonyl (C=O) groups is 2. The van der Waals surface area contributed by atoms with Crippen LogP contribution in [0.1, 0.15) is 35.7 Å². The van der Waals surface area contributed by atoms with Gasteiger partial charge in [-0.1, -0.05) is 37.1 Å². The van der Waals surface area contributed by atoms with Gasteiger partial charge in [-0.25, -0.2) is 8.42 Å². The summed E-state index contributed by atoms with van der Waals surface area (Å²) in [5.41, 5.74) is -1.31. The van der Waals surface area contributed by atoms with Crippen LogP contribution in [0.25, 0.3) is 0 Å². The minimum Gasteiger partial charge on any atom is -0.352 e. The van der Waals surface area contributed by atoms with E-state index in [1.54, 1.807) is 12.1 Å². The maximum absolute atomic E-state index is 13.2. The van der Waals surface area contributed by atoms with E-state index in [0.29, 0.717) is 16.9 Å². The number of nitrogens with one attached hydrogen (secondary N) is 2. The van der Waals surface area contributed by atoms with E-state index in [0.717, 1.165) is 31.2 Å². The van der Waals surface area contributed by atoms with Crippen LogP contribution in [-0.2, 0) is 21.0 Å². The molecule has 2 rings (SSSR count). The second-order valence-corrected chi connectivity index (χ2v) is 9.45. The van der Waals surface area contributed by atoms with Gasteiger partial charge in [-0.05, 0) is 36.8 Å². The van der Waals surface area contributed by atoms with E-state index in [-0.39, 0.29) is 16.9 Å². The molecule has 0 saturated carbocycles. The summed E-state index contributed by atoms with van der Waals surface area (Å²) in [5, 5.41) is 4.57. The Hall–Kier alpha value is -2.79. The molecule has 2 aromatic rings. The van der Waals surface area contributed by atoms with E-state index >= 15 is 0 Å². The molecule has 12 heteroatoms. The Morgan fingerprint density at radius 3 is 2.39 bits per heavy atom. The number of amides is 2. The van der Waals surface area contributed by atoms with Gasteiger partial charge < -0.3 is 10.6 Å². The van der Waals surface area contributed by atoms with Gasteiger partial charge in [-0.2, -0.15) is 13.2 Å². The number of carbonyl (C=O) groups excluding carboxylic acids is 2. The third-order valence-electron chi connectivity index (χ3n) is 4.49. The highest BCUT2D eigenvalue weighted by molar-refractivity contribution is 7.92. The molecule has 0 unspecified atom stereocenters. The Morgan fingerprint density at radius 2 is 1.79 bits per heavy atom. The highest BCUT2D eigenvalue weighted by Crippen LogP contribution is 2.37. The molecular formula is C21H23ClF3N3O4S. The Morgan fingerprint density at radius 1 is 1.12 bits per heavy atom. The topological polar surface area (TPSA) is 95.6 Å². The quantitative estimate of drug-likeness (QED) is 0.497. The van der Waals surface area contributed by atoms with Gasteiger partial charge in [0.15, 0.2) is 0 Å². The first-order valence-corrected chi connectivity index (χ1v) is 12.1. The monoisotopic (exact) mass is 505 g/mol. The van der Waals surface area contributed by atoms with E-state index in [1.165, 1.54) is 12.1 Å². The molecule has 0 spiro atoms. The molecule has 0 aliphatic heterocycles. The third-order valence-corrected chi connectivity index (χ3v) is 5.96. The molecule has 0 fully saturated rings. The van der Waals surface area contributed by atoms with E-state index in [4.69, 9.17) is 11.6 Å². The number of hydrogen-bond acceptors (Lipinski definition) is 4. The van der Waals surface area contributed by atoms with Gasteiger partial charge in [0.25, 0.3) is 5.91 Å². The summed E-state index contributed by atoms with van der Waals surface area (Å²) < 4.78 is 64.6. The van der Waals surface area contributed by atoms with Crippen molar-refractivity contribution < 1.29 is 31.2 Å². The van der Waals surface area contributed by atoms with Crippen LogP contribution >= 0.6 is 11.6 Å². The number of benzene rings is 2. The van der Waals surface area contributed by atoms with Crippen molar-refractivity contribution in [2.75, 3.05) is 29.0 Å². The zero-order chi connectivity index (χ0) is 24.8. The van der Waals surface area contributed by atoms with Crippen LogP contribution in [0.2, 0.25) is 5.02 Å². The molecule has 0 aliphatic carbocycles. The van der Waals surface area contributed by atoms with E-state index in [2.05, 4.69) is 10.6 Å². The van der Waals surface area contributed by atoms with Gasteiger partial charge in [0.2, 0.25) is 15.9 Å². The largest absolute Gasteiger partial charge is 0.417 e. The molecule has 2 aromatic carbocycles. The minimum atomic E-state index is -4.82. The van der Waals surface area contributed by atoms with E-state index in [1.807, 2.05) is 6.92 Å². The molecule has 0 aliphatic rings. The first-order chi connectivity index (χ1) is 15.3. The molecule has 0 bridgehead atoms. The summed E-state index contributed by atoms with van der Waals surface area (Å²) in [7, 11) is -4.14. The molecule has 2 amide bonds. The summed E-state index contributed by atoms with van der Waals surface area (Å²) in [6.07, 6.45) is -2.41. The van der Waals surface area contributed by atoms with Crippen LogP contribution in [0.3, 0.4) is 0 Å². The fourth-order valence-corrected chi connectivity index (χ4v) is 3.94. The van der Waals surface area contributed by atoms with Gasteiger partial charge in [-0.15, -0.1) is 0 Å². The van der Waals surface area contributed by atoms with Crippen LogP contribution < -0.4 is 14.9 Å². The van der Waals surface area contributed by atoms with Crippen LogP contribution in [0.15, 0.2) is 42.5 Å². The molecule has 180 valence electrons. The summed E-state index contributed by atoms with van der Waals surface area (Å²) >= 11 is 5.60. The average molecular weight is 506 g/mol. The van der Waals surface area contributed by atoms with Crippen molar-refractivity contribution in [3.63, 3.8) is 0 Å². The number of anilines is 2. The number of rotatable bonds is 9. The summed E-state index contributed by atoms with van der Waals surface area (Å²) in [5.74, 6) is -1.27. The number of halogens is 4.